The van der Waals surface area contributed by atoms with Crippen LogP contribution in [0.15, 0.2) is 35.6 Å². The van der Waals surface area contributed by atoms with Gasteiger partial charge in [-0.1, -0.05) is 0 Å². The summed E-state index contributed by atoms with van der Waals surface area (Å²) in [5.74, 6) is 0.686. The lowest BCUT2D eigenvalue weighted by molar-refractivity contribution is 0.133. The van der Waals surface area contributed by atoms with Gasteiger partial charge in [0, 0.05) is 43.5 Å². The van der Waals surface area contributed by atoms with Crippen molar-refractivity contribution in [2.24, 2.45) is 10.9 Å². The summed E-state index contributed by atoms with van der Waals surface area (Å²) in [5.41, 5.74) is 5.37. The first-order valence-corrected chi connectivity index (χ1v) is 10.5. The van der Waals surface area contributed by atoms with Crippen molar-refractivity contribution in [3.63, 3.8) is 0 Å². The molecule has 31 heavy (non-hydrogen) atoms. The van der Waals surface area contributed by atoms with Gasteiger partial charge in [0.05, 0.1) is 35.4 Å². The highest BCUT2D eigenvalue weighted by atomic mass is 19.3. The number of methoxy groups -OCH3 is 1. The van der Waals surface area contributed by atoms with E-state index in [0.717, 1.165) is 40.3 Å². The number of aromatic nitrogens is 4. The van der Waals surface area contributed by atoms with Crippen LogP contribution in [-0.4, -0.2) is 52.0 Å². The van der Waals surface area contributed by atoms with Crippen LogP contribution >= 0.6 is 0 Å². The van der Waals surface area contributed by atoms with Gasteiger partial charge in [-0.2, -0.15) is 0 Å². The number of nitrogens with one attached hydrogen (secondary N) is 1. The van der Waals surface area contributed by atoms with Crippen LogP contribution in [0.1, 0.15) is 31.9 Å². The molecule has 164 valence electrons. The topological polar surface area (TPSA) is 76.7 Å². The van der Waals surface area contributed by atoms with E-state index in [4.69, 9.17) is 9.72 Å². The number of hydrogen-bond donors (Lipinski definition) is 1. The molecule has 0 spiro atoms. The Kier molecular flexibility index (Phi) is 6.50. The second-order valence-corrected chi connectivity index (χ2v) is 7.70. The summed E-state index contributed by atoms with van der Waals surface area (Å²) in [6.45, 7) is 3.17. The van der Waals surface area contributed by atoms with Crippen molar-refractivity contribution in [3.8, 4) is 11.3 Å². The standard InChI is InChI=1S/C22H26F2N6O/c1-14-15(4-3-5-21(23)24)12-19-18(27-14)7-6-17(28-19)16-8-10-30-20(16)13-26-22(29-30)25-9-11-31-2/h6-8,10,13,15,21H,3-5,9,11-12H2,1-2H3,(H,25,29). The summed E-state index contributed by atoms with van der Waals surface area (Å²) < 4.78 is 31.8. The van der Waals surface area contributed by atoms with Crippen LogP contribution in [-0.2, 0) is 11.2 Å². The number of alkyl halides is 2. The molecule has 9 heteroatoms. The summed E-state index contributed by atoms with van der Waals surface area (Å²) in [7, 11) is 1.65. The van der Waals surface area contributed by atoms with Crippen molar-refractivity contribution in [3.05, 3.63) is 36.3 Å². The zero-order valence-corrected chi connectivity index (χ0v) is 17.7. The Balaban J connectivity index is 1.55. The van der Waals surface area contributed by atoms with Gasteiger partial charge in [-0.25, -0.2) is 18.3 Å². The minimum absolute atomic E-state index is 0.0663. The Morgan fingerprint density at radius 1 is 1.29 bits per heavy atom. The van der Waals surface area contributed by atoms with Gasteiger partial charge in [0.1, 0.15) is 0 Å². The van der Waals surface area contributed by atoms with Crippen molar-refractivity contribution in [2.75, 3.05) is 25.6 Å². The predicted molar refractivity (Wildman–Crippen MR) is 116 cm³/mol. The van der Waals surface area contributed by atoms with Gasteiger partial charge in [-0.15, -0.1) is 5.10 Å². The SMILES string of the molecule is COCCNc1ncc2c(-c3ccc4c(n3)CC(CCCC(F)F)C(C)=N4)ccn2n1. The van der Waals surface area contributed by atoms with Gasteiger partial charge in [-0.05, 0) is 44.4 Å². The lowest BCUT2D eigenvalue weighted by atomic mass is 9.89. The number of pyridine rings is 1. The average molecular weight is 428 g/mol. The molecule has 1 aliphatic heterocycles. The van der Waals surface area contributed by atoms with E-state index in [-0.39, 0.29) is 12.3 Å². The maximum absolute atomic E-state index is 12.5. The molecule has 1 atom stereocenters. The molecule has 4 rings (SSSR count). The summed E-state index contributed by atoms with van der Waals surface area (Å²) in [5, 5.41) is 7.59. The molecule has 0 amide bonds. The molecule has 0 radical (unpaired) electrons. The molecule has 0 saturated carbocycles. The largest absolute Gasteiger partial charge is 0.383 e. The first-order valence-electron chi connectivity index (χ1n) is 10.5. The van der Waals surface area contributed by atoms with Gasteiger partial charge >= 0.3 is 0 Å². The van der Waals surface area contributed by atoms with E-state index in [1.807, 2.05) is 31.3 Å². The Morgan fingerprint density at radius 3 is 2.97 bits per heavy atom. The predicted octanol–water partition coefficient (Wildman–Crippen LogP) is 4.55. The molecule has 0 fully saturated rings. The van der Waals surface area contributed by atoms with Crippen molar-refractivity contribution >= 4 is 22.9 Å². The van der Waals surface area contributed by atoms with Crippen LogP contribution in [0.5, 0.6) is 0 Å². The minimum atomic E-state index is -2.25. The van der Waals surface area contributed by atoms with Crippen LogP contribution in [0.2, 0.25) is 0 Å². The fourth-order valence-electron chi connectivity index (χ4n) is 3.85. The normalized spacial score (nSPS) is 15.9. The fraction of sp³-hybridized carbons (Fsp3) is 0.455. The molecule has 1 aliphatic rings. The molecule has 0 aromatic carbocycles. The molecule has 7 nitrogen and oxygen atoms in total. The summed E-state index contributed by atoms with van der Waals surface area (Å²) in [6.07, 6.45) is 3.25. The number of rotatable bonds is 9. The van der Waals surface area contributed by atoms with Gasteiger partial charge in [-0.3, -0.25) is 9.98 Å². The van der Waals surface area contributed by atoms with Crippen LogP contribution in [0.3, 0.4) is 0 Å². The smallest absolute Gasteiger partial charge is 0.241 e. The highest BCUT2D eigenvalue weighted by Crippen LogP contribution is 2.33. The van der Waals surface area contributed by atoms with Gasteiger partial charge in [0.25, 0.3) is 0 Å². The van der Waals surface area contributed by atoms with E-state index in [0.29, 0.717) is 31.9 Å². The van der Waals surface area contributed by atoms with Crippen molar-refractivity contribution < 1.29 is 13.5 Å². The van der Waals surface area contributed by atoms with Crippen molar-refractivity contribution in [1.82, 2.24) is 19.6 Å². The molecule has 0 aliphatic carbocycles. The maximum atomic E-state index is 12.5. The second-order valence-electron chi connectivity index (χ2n) is 7.70. The number of anilines is 1. The first-order chi connectivity index (χ1) is 15.0. The summed E-state index contributed by atoms with van der Waals surface area (Å²) >= 11 is 0. The third-order valence-corrected chi connectivity index (χ3v) is 5.53. The maximum Gasteiger partial charge on any atom is 0.241 e. The van der Waals surface area contributed by atoms with Gasteiger partial charge in [0.2, 0.25) is 12.4 Å². The zero-order chi connectivity index (χ0) is 21.8. The summed E-state index contributed by atoms with van der Waals surface area (Å²) in [6, 6.07) is 5.89. The Morgan fingerprint density at radius 2 is 2.16 bits per heavy atom. The summed E-state index contributed by atoms with van der Waals surface area (Å²) in [4.78, 5) is 13.9. The Labute approximate surface area is 179 Å². The van der Waals surface area contributed by atoms with Gasteiger partial charge in [0.15, 0.2) is 0 Å². The molecule has 3 aromatic rings. The molecule has 1 unspecified atom stereocenters. The molecule has 3 aromatic heterocycles. The highest BCUT2D eigenvalue weighted by molar-refractivity contribution is 5.89. The van der Waals surface area contributed by atoms with Crippen molar-refractivity contribution in [1.29, 1.82) is 0 Å². The second kappa shape index (κ2) is 9.47. The minimum Gasteiger partial charge on any atom is -0.383 e. The number of aliphatic imine (C=N–C) groups is 1. The third-order valence-electron chi connectivity index (χ3n) is 5.53. The Hall–Kier alpha value is -2.94. The average Bonchev–Trinajstić information content (AvgIpc) is 3.17. The van der Waals surface area contributed by atoms with Crippen LogP contribution < -0.4 is 5.32 Å². The van der Waals surface area contributed by atoms with E-state index in [2.05, 4.69) is 20.4 Å². The zero-order valence-electron chi connectivity index (χ0n) is 17.7. The van der Waals surface area contributed by atoms with E-state index in [9.17, 15) is 8.78 Å². The van der Waals surface area contributed by atoms with E-state index in [1.54, 1.807) is 17.8 Å². The van der Waals surface area contributed by atoms with Crippen LogP contribution in [0.25, 0.3) is 16.8 Å². The monoisotopic (exact) mass is 428 g/mol. The molecule has 1 N–H and O–H groups in total. The number of halogens is 2. The molecular weight excluding hydrogens is 402 g/mol. The van der Waals surface area contributed by atoms with Crippen LogP contribution in [0, 0.1) is 5.92 Å². The number of hydrogen-bond acceptors (Lipinski definition) is 6. The van der Waals surface area contributed by atoms with Gasteiger partial charge < -0.3 is 10.1 Å². The number of nitrogens with zero attached hydrogens (tertiary/aromatic N) is 5. The molecule has 4 heterocycles. The van der Waals surface area contributed by atoms with E-state index in [1.165, 1.54) is 0 Å². The quantitative estimate of drug-likeness (QED) is 0.506. The number of ether oxygens (including phenoxy) is 1. The van der Waals surface area contributed by atoms with E-state index >= 15 is 0 Å². The highest BCUT2D eigenvalue weighted by Gasteiger charge is 2.22. The molecular formula is C22H26F2N6O. The molecule has 0 saturated heterocycles. The molecule has 0 bridgehead atoms. The third kappa shape index (κ3) is 4.87. The fourth-order valence-corrected chi connectivity index (χ4v) is 3.85. The lowest BCUT2D eigenvalue weighted by Gasteiger charge is -2.22. The number of fused-ring (bicyclic) bond motifs is 2. The van der Waals surface area contributed by atoms with Crippen LogP contribution in [0.4, 0.5) is 20.4 Å². The first kappa shape index (κ1) is 21.3. The Bertz CT molecular complexity index is 1080. The van der Waals surface area contributed by atoms with Crippen molar-refractivity contribution in [2.45, 2.75) is 39.0 Å². The lowest BCUT2D eigenvalue weighted by Crippen LogP contribution is -2.19. The van der Waals surface area contributed by atoms with E-state index < -0.39 is 6.43 Å².